The number of hydrogen-bond acceptors (Lipinski definition) is 4. The van der Waals surface area contributed by atoms with Crippen LogP contribution in [0.1, 0.15) is 18.9 Å². The summed E-state index contributed by atoms with van der Waals surface area (Å²) >= 11 is 0. The van der Waals surface area contributed by atoms with Crippen molar-refractivity contribution in [2.24, 2.45) is 0 Å². The number of nitrogens with zero attached hydrogens (tertiary/aromatic N) is 1. The number of rotatable bonds is 3. The van der Waals surface area contributed by atoms with Crippen LogP contribution in [-0.4, -0.2) is 17.4 Å². The number of amides is 1. The van der Waals surface area contributed by atoms with Gasteiger partial charge in [0, 0.05) is 31.5 Å². The summed E-state index contributed by atoms with van der Waals surface area (Å²) in [6.07, 6.45) is 0.360. The lowest BCUT2D eigenvalue weighted by molar-refractivity contribution is -0.384. The van der Waals surface area contributed by atoms with E-state index >= 15 is 0 Å². The zero-order chi connectivity index (χ0) is 14.4. The van der Waals surface area contributed by atoms with Gasteiger partial charge in [-0.3, -0.25) is 14.9 Å². The molecule has 0 aliphatic carbocycles. The molecule has 0 atom stereocenters. The monoisotopic (exact) mass is 265 g/mol. The Hall–Kier alpha value is -2.62. The lowest BCUT2D eigenvalue weighted by Crippen LogP contribution is -2.20. The number of hydrogen-bond donors (Lipinski definition) is 2. The summed E-state index contributed by atoms with van der Waals surface area (Å²) < 4.78 is 13.3. The van der Waals surface area contributed by atoms with Gasteiger partial charge >= 0.3 is 0 Å². The average molecular weight is 265 g/mol. The van der Waals surface area contributed by atoms with E-state index in [1.165, 1.54) is 6.92 Å². The van der Waals surface area contributed by atoms with Crippen molar-refractivity contribution in [3.05, 3.63) is 33.6 Å². The molecule has 0 heterocycles. The lowest BCUT2D eigenvalue weighted by atomic mass is 10.1. The third-order valence-electron chi connectivity index (χ3n) is 2.16. The van der Waals surface area contributed by atoms with Crippen LogP contribution < -0.4 is 11.1 Å². The highest BCUT2D eigenvalue weighted by atomic mass is 19.1. The van der Waals surface area contributed by atoms with Crippen LogP contribution in [0, 0.1) is 27.8 Å². The minimum Gasteiger partial charge on any atom is -0.391 e. The number of carbonyl (C=O) groups excluding carboxylic acids is 1. The van der Waals surface area contributed by atoms with E-state index in [0.717, 1.165) is 12.1 Å². The van der Waals surface area contributed by atoms with E-state index in [-0.39, 0.29) is 11.5 Å². The highest BCUT2D eigenvalue weighted by Gasteiger charge is 2.16. The van der Waals surface area contributed by atoms with Crippen molar-refractivity contribution in [2.75, 3.05) is 12.3 Å². The smallest absolute Gasteiger partial charge is 0.296 e. The molecule has 0 radical (unpaired) electrons. The summed E-state index contributed by atoms with van der Waals surface area (Å²) in [6.45, 7) is 1.74. The van der Waals surface area contributed by atoms with Crippen LogP contribution in [0.25, 0.3) is 0 Å². The van der Waals surface area contributed by atoms with Gasteiger partial charge in [0.25, 0.3) is 5.69 Å². The summed E-state index contributed by atoms with van der Waals surface area (Å²) in [6, 6.07) is 2.15. The third kappa shape index (κ3) is 4.27. The van der Waals surface area contributed by atoms with Crippen molar-refractivity contribution in [3.8, 4) is 11.8 Å². The number of halogens is 1. The Bertz CT molecular complexity index is 576. The molecule has 6 nitrogen and oxygen atoms in total. The largest absolute Gasteiger partial charge is 0.391 e. The highest BCUT2D eigenvalue weighted by Crippen LogP contribution is 2.25. The van der Waals surface area contributed by atoms with Crippen molar-refractivity contribution < 1.29 is 14.1 Å². The minimum absolute atomic E-state index is 0.168. The van der Waals surface area contributed by atoms with E-state index in [2.05, 4.69) is 17.2 Å². The molecular formula is C12H12FN3O3. The predicted octanol–water partition coefficient (Wildman–Crippen LogP) is 1.19. The molecule has 0 saturated carbocycles. The van der Waals surface area contributed by atoms with Gasteiger partial charge in [-0.1, -0.05) is 11.8 Å². The van der Waals surface area contributed by atoms with Gasteiger partial charge in [0.1, 0.15) is 5.69 Å². The fourth-order valence-electron chi connectivity index (χ4n) is 1.29. The SMILES string of the molecule is CC(=O)NCCC#Cc1cc(F)c(N)c([N+](=O)[O-])c1. The molecule has 1 aromatic carbocycles. The van der Waals surface area contributed by atoms with E-state index in [4.69, 9.17) is 5.73 Å². The van der Waals surface area contributed by atoms with Crippen LogP contribution in [0.2, 0.25) is 0 Å². The Kier molecular flexibility index (Phi) is 4.83. The number of benzene rings is 1. The molecule has 0 aliphatic rings. The van der Waals surface area contributed by atoms with E-state index < -0.39 is 22.1 Å². The Balaban J connectivity index is 2.82. The first-order valence-corrected chi connectivity index (χ1v) is 5.38. The number of nitro groups is 1. The maximum atomic E-state index is 13.3. The van der Waals surface area contributed by atoms with Gasteiger partial charge in [0.15, 0.2) is 5.82 Å². The van der Waals surface area contributed by atoms with E-state index in [0.29, 0.717) is 13.0 Å². The second kappa shape index (κ2) is 6.35. The summed E-state index contributed by atoms with van der Waals surface area (Å²) in [5.41, 5.74) is 4.40. The van der Waals surface area contributed by atoms with Gasteiger partial charge in [-0.15, -0.1) is 0 Å². The Labute approximate surface area is 108 Å². The summed E-state index contributed by atoms with van der Waals surface area (Å²) in [7, 11) is 0. The maximum absolute atomic E-state index is 13.3. The zero-order valence-corrected chi connectivity index (χ0v) is 10.2. The van der Waals surface area contributed by atoms with Crippen LogP contribution >= 0.6 is 0 Å². The Morgan fingerprint density at radius 1 is 1.58 bits per heavy atom. The number of carbonyl (C=O) groups is 1. The fourth-order valence-corrected chi connectivity index (χ4v) is 1.29. The number of anilines is 1. The number of nitrogens with two attached hydrogens (primary N) is 1. The predicted molar refractivity (Wildman–Crippen MR) is 67.6 cm³/mol. The van der Waals surface area contributed by atoms with E-state index in [1.807, 2.05) is 0 Å². The maximum Gasteiger partial charge on any atom is 0.296 e. The van der Waals surface area contributed by atoms with Crippen molar-refractivity contribution in [1.29, 1.82) is 0 Å². The number of nitrogen functional groups attached to an aromatic ring is 1. The van der Waals surface area contributed by atoms with Gasteiger partial charge in [0.05, 0.1) is 4.92 Å². The molecule has 0 unspecified atom stereocenters. The molecule has 0 aromatic heterocycles. The lowest BCUT2D eigenvalue weighted by Gasteiger charge is -1.99. The second-order valence-corrected chi connectivity index (χ2v) is 3.68. The van der Waals surface area contributed by atoms with Gasteiger partial charge in [0.2, 0.25) is 5.91 Å². The van der Waals surface area contributed by atoms with Gasteiger partial charge in [-0.05, 0) is 6.07 Å². The van der Waals surface area contributed by atoms with Crippen LogP contribution in [0.15, 0.2) is 12.1 Å². The molecule has 0 bridgehead atoms. The Morgan fingerprint density at radius 3 is 2.84 bits per heavy atom. The molecule has 0 saturated heterocycles. The molecular weight excluding hydrogens is 253 g/mol. The first-order chi connectivity index (χ1) is 8.91. The molecule has 1 aromatic rings. The third-order valence-corrected chi connectivity index (χ3v) is 2.16. The molecule has 1 rings (SSSR count). The van der Waals surface area contributed by atoms with Crippen LogP contribution in [0.3, 0.4) is 0 Å². The van der Waals surface area contributed by atoms with Gasteiger partial charge in [-0.25, -0.2) is 4.39 Å². The molecule has 1 amide bonds. The summed E-state index contributed by atoms with van der Waals surface area (Å²) in [4.78, 5) is 20.5. The van der Waals surface area contributed by atoms with Crippen molar-refractivity contribution in [1.82, 2.24) is 5.32 Å². The van der Waals surface area contributed by atoms with Crippen molar-refractivity contribution >= 4 is 17.3 Å². The van der Waals surface area contributed by atoms with Crippen molar-refractivity contribution in [2.45, 2.75) is 13.3 Å². The standard InChI is InChI=1S/C12H12FN3O3/c1-8(17)15-5-3-2-4-9-6-10(13)12(14)11(7-9)16(18)19/h6-7H,3,5,14H2,1H3,(H,15,17). The second-order valence-electron chi connectivity index (χ2n) is 3.68. The molecule has 0 aliphatic heterocycles. The zero-order valence-electron chi connectivity index (χ0n) is 10.2. The fraction of sp³-hybridized carbons (Fsp3) is 0.250. The quantitative estimate of drug-likeness (QED) is 0.282. The molecule has 100 valence electrons. The first-order valence-electron chi connectivity index (χ1n) is 5.38. The van der Waals surface area contributed by atoms with E-state index in [9.17, 15) is 19.3 Å². The molecule has 3 N–H and O–H groups in total. The van der Waals surface area contributed by atoms with Gasteiger partial charge in [-0.2, -0.15) is 0 Å². The van der Waals surface area contributed by atoms with Crippen molar-refractivity contribution in [3.63, 3.8) is 0 Å². The molecule has 7 heteroatoms. The normalized spacial score (nSPS) is 9.37. The van der Waals surface area contributed by atoms with E-state index in [1.54, 1.807) is 0 Å². The first kappa shape index (κ1) is 14.4. The highest BCUT2D eigenvalue weighted by molar-refractivity contribution is 5.72. The van der Waals surface area contributed by atoms with Crippen LogP contribution in [0.4, 0.5) is 15.8 Å². The van der Waals surface area contributed by atoms with Gasteiger partial charge < -0.3 is 11.1 Å². The summed E-state index contributed by atoms with van der Waals surface area (Å²) in [5.74, 6) is 4.21. The molecule has 19 heavy (non-hydrogen) atoms. The number of nitrogens with one attached hydrogen (secondary N) is 1. The Morgan fingerprint density at radius 2 is 2.26 bits per heavy atom. The molecule has 0 spiro atoms. The van der Waals surface area contributed by atoms with Crippen LogP contribution in [0.5, 0.6) is 0 Å². The minimum atomic E-state index is -0.875. The van der Waals surface area contributed by atoms with Crippen LogP contribution in [-0.2, 0) is 4.79 Å². The topological polar surface area (TPSA) is 98.3 Å². The number of nitro benzene ring substituents is 1. The summed E-state index contributed by atoms with van der Waals surface area (Å²) in [5, 5.41) is 13.2. The molecule has 0 fully saturated rings. The average Bonchev–Trinajstić information content (AvgIpc) is 2.32.